The van der Waals surface area contributed by atoms with E-state index in [4.69, 9.17) is 14.1 Å². The minimum Gasteiger partial charge on any atom is -0.465 e. The molecule has 0 saturated carbocycles. The Hall–Kier alpha value is -2.84. The molecule has 0 aliphatic carbocycles. The largest absolute Gasteiger partial charge is 0.465 e. The Balaban J connectivity index is 1.82. The Morgan fingerprint density at radius 1 is 1.03 bits per heavy atom. The molecule has 0 aliphatic rings. The number of ether oxygens (including phenoxy) is 1. The topological polar surface area (TPSA) is 78.1 Å². The number of hydrogen-bond donors (Lipinski definition) is 0. The average Bonchev–Trinajstić information content (AvgIpc) is 3.24. The maximum atomic E-state index is 12.8. The number of carbonyl (C=O) groups is 1. The summed E-state index contributed by atoms with van der Waals surface area (Å²) in [4.78, 5) is 17.6. The van der Waals surface area contributed by atoms with Gasteiger partial charge in [-0.1, -0.05) is 60.3 Å². The summed E-state index contributed by atoms with van der Waals surface area (Å²) in [6, 6.07) is 17.6. The van der Waals surface area contributed by atoms with Crippen molar-refractivity contribution >= 4 is 40.4 Å². The lowest BCUT2D eigenvalue weighted by molar-refractivity contribution is 0.0600. The van der Waals surface area contributed by atoms with E-state index in [1.807, 2.05) is 60.9 Å². The number of carbonyl (C=O) groups excluding carboxylic acids is 1. The summed E-state index contributed by atoms with van der Waals surface area (Å²) in [6.45, 7) is 0. The van der Waals surface area contributed by atoms with E-state index in [0.29, 0.717) is 33.9 Å². The van der Waals surface area contributed by atoms with Crippen LogP contribution in [0.4, 0.5) is 0 Å². The predicted molar refractivity (Wildman–Crippen MR) is 120 cm³/mol. The van der Waals surface area contributed by atoms with Crippen molar-refractivity contribution in [2.24, 2.45) is 0 Å². The molecule has 2 aromatic carbocycles. The van der Waals surface area contributed by atoms with Crippen LogP contribution in [0, 0.1) is 0 Å². The minimum atomic E-state index is -0.420. The van der Waals surface area contributed by atoms with Gasteiger partial charge in [0.25, 0.3) is 5.22 Å². The van der Waals surface area contributed by atoms with Gasteiger partial charge in [0.15, 0.2) is 0 Å². The number of fused-ring (bicyclic) bond motifs is 1. The first kappa shape index (κ1) is 20.4. The highest BCUT2D eigenvalue weighted by Crippen LogP contribution is 2.35. The summed E-state index contributed by atoms with van der Waals surface area (Å²) in [5.41, 5.74) is 3.64. The van der Waals surface area contributed by atoms with E-state index in [1.54, 1.807) is 11.8 Å². The zero-order valence-corrected chi connectivity index (χ0v) is 18.1. The Bertz CT molecular complexity index is 1180. The highest BCUT2D eigenvalue weighted by atomic mass is 32.2. The van der Waals surface area contributed by atoms with Crippen molar-refractivity contribution < 1.29 is 13.9 Å². The third-order valence-electron chi connectivity index (χ3n) is 4.47. The molecule has 0 atom stereocenters. The molecular weight excluding hydrogens is 418 g/mol. The molecule has 0 saturated heterocycles. The molecule has 6 nitrogen and oxygen atoms in total. The molecule has 0 bridgehead atoms. The molecule has 8 heteroatoms. The van der Waals surface area contributed by atoms with Gasteiger partial charge in [-0.05, 0) is 17.9 Å². The SMILES string of the molecule is COC(=O)c1c(CSc2nnc(CSC)o2)nc2ccccc2c1-c1ccccc1. The fraction of sp³-hybridized carbons (Fsp3) is 0.182. The summed E-state index contributed by atoms with van der Waals surface area (Å²) < 4.78 is 10.8. The summed E-state index contributed by atoms with van der Waals surface area (Å²) in [7, 11) is 1.38. The monoisotopic (exact) mass is 437 g/mol. The van der Waals surface area contributed by atoms with Crippen LogP contribution in [0.2, 0.25) is 0 Å². The smallest absolute Gasteiger partial charge is 0.340 e. The Morgan fingerprint density at radius 3 is 2.57 bits per heavy atom. The average molecular weight is 438 g/mol. The second-order valence-electron chi connectivity index (χ2n) is 6.37. The Kier molecular flexibility index (Phi) is 6.35. The van der Waals surface area contributed by atoms with Gasteiger partial charge in [-0.3, -0.25) is 4.98 Å². The third kappa shape index (κ3) is 4.20. The lowest BCUT2D eigenvalue weighted by Gasteiger charge is -2.15. The van der Waals surface area contributed by atoms with Gasteiger partial charge in [-0.2, -0.15) is 11.8 Å². The van der Waals surface area contributed by atoms with E-state index in [2.05, 4.69) is 10.2 Å². The molecule has 152 valence electrons. The van der Waals surface area contributed by atoms with E-state index >= 15 is 0 Å². The number of benzene rings is 2. The molecule has 0 amide bonds. The summed E-state index contributed by atoms with van der Waals surface area (Å²) in [5.74, 6) is 1.22. The van der Waals surface area contributed by atoms with Crippen molar-refractivity contribution in [3.63, 3.8) is 0 Å². The van der Waals surface area contributed by atoms with Crippen LogP contribution in [0.15, 0.2) is 64.2 Å². The number of esters is 1. The van der Waals surface area contributed by atoms with E-state index in [9.17, 15) is 4.79 Å². The van der Waals surface area contributed by atoms with E-state index < -0.39 is 5.97 Å². The molecule has 0 fully saturated rings. The van der Waals surface area contributed by atoms with Crippen LogP contribution >= 0.6 is 23.5 Å². The molecule has 0 radical (unpaired) electrons. The van der Waals surface area contributed by atoms with Crippen LogP contribution in [0.25, 0.3) is 22.0 Å². The van der Waals surface area contributed by atoms with Crippen molar-refractivity contribution in [1.82, 2.24) is 15.2 Å². The second-order valence-corrected chi connectivity index (χ2v) is 8.16. The van der Waals surface area contributed by atoms with Crippen molar-refractivity contribution in [2.75, 3.05) is 13.4 Å². The number of rotatable bonds is 7. The van der Waals surface area contributed by atoms with Gasteiger partial charge < -0.3 is 9.15 Å². The van der Waals surface area contributed by atoms with E-state index in [1.165, 1.54) is 18.9 Å². The minimum absolute atomic E-state index is 0.399. The molecule has 4 rings (SSSR count). The first-order valence-electron chi connectivity index (χ1n) is 9.20. The maximum Gasteiger partial charge on any atom is 0.340 e. The zero-order chi connectivity index (χ0) is 20.9. The first-order chi connectivity index (χ1) is 14.7. The highest BCUT2D eigenvalue weighted by Gasteiger charge is 2.23. The molecule has 0 N–H and O–H groups in total. The Labute approximate surface area is 182 Å². The van der Waals surface area contributed by atoms with Crippen molar-refractivity contribution in [3.05, 3.63) is 71.7 Å². The molecular formula is C22H19N3O3S2. The highest BCUT2D eigenvalue weighted by molar-refractivity contribution is 7.98. The summed E-state index contributed by atoms with van der Waals surface area (Å²) in [5, 5.41) is 9.46. The van der Waals surface area contributed by atoms with Crippen LogP contribution in [0.5, 0.6) is 0 Å². The van der Waals surface area contributed by atoms with Crippen LogP contribution in [0.3, 0.4) is 0 Å². The number of methoxy groups -OCH3 is 1. The summed E-state index contributed by atoms with van der Waals surface area (Å²) >= 11 is 2.97. The first-order valence-corrected chi connectivity index (χ1v) is 11.6. The van der Waals surface area contributed by atoms with Crippen molar-refractivity contribution in [1.29, 1.82) is 0 Å². The fourth-order valence-electron chi connectivity index (χ4n) is 3.20. The molecule has 0 spiro atoms. The maximum absolute atomic E-state index is 12.8. The lowest BCUT2D eigenvalue weighted by Crippen LogP contribution is -2.10. The molecule has 4 aromatic rings. The predicted octanol–water partition coefficient (Wildman–Crippen LogP) is 5.23. The van der Waals surface area contributed by atoms with Gasteiger partial charge in [0.05, 0.1) is 29.6 Å². The molecule has 2 aromatic heterocycles. The normalized spacial score (nSPS) is 11.0. The van der Waals surface area contributed by atoms with E-state index in [-0.39, 0.29) is 0 Å². The summed E-state index contributed by atoms with van der Waals surface area (Å²) in [6.07, 6.45) is 1.98. The lowest BCUT2D eigenvalue weighted by atomic mass is 9.94. The molecule has 2 heterocycles. The van der Waals surface area contributed by atoms with Gasteiger partial charge in [0.1, 0.15) is 0 Å². The van der Waals surface area contributed by atoms with Crippen molar-refractivity contribution in [3.8, 4) is 11.1 Å². The Morgan fingerprint density at radius 2 is 1.80 bits per heavy atom. The number of thioether (sulfide) groups is 2. The van der Waals surface area contributed by atoms with Crippen LogP contribution < -0.4 is 0 Å². The van der Waals surface area contributed by atoms with E-state index in [0.717, 1.165) is 22.0 Å². The zero-order valence-electron chi connectivity index (χ0n) is 16.5. The van der Waals surface area contributed by atoms with Gasteiger partial charge in [0, 0.05) is 16.7 Å². The van der Waals surface area contributed by atoms with Crippen molar-refractivity contribution in [2.45, 2.75) is 16.7 Å². The van der Waals surface area contributed by atoms with Gasteiger partial charge >= 0.3 is 5.97 Å². The van der Waals surface area contributed by atoms with Gasteiger partial charge in [0.2, 0.25) is 5.89 Å². The van der Waals surface area contributed by atoms with Crippen LogP contribution in [0.1, 0.15) is 21.9 Å². The molecule has 0 aliphatic heterocycles. The molecule has 30 heavy (non-hydrogen) atoms. The number of para-hydroxylation sites is 1. The van der Waals surface area contributed by atoms with Crippen LogP contribution in [-0.4, -0.2) is 34.5 Å². The van der Waals surface area contributed by atoms with Gasteiger partial charge in [-0.25, -0.2) is 4.79 Å². The second kappa shape index (κ2) is 9.32. The molecule has 0 unspecified atom stereocenters. The quantitative estimate of drug-likeness (QED) is 0.287. The number of nitrogens with zero attached hydrogens (tertiary/aromatic N) is 3. The standard InChI is InChI=1S/C22H19N3O3S2/c1-27-21(26)20-17(12-30-22-25-24-18(28-22)13-29-2)23-16-11-7-6-10-15(16)19(20)14-8-4-3-5-9-14/h3-11H,12-13H2,1-2H3. The number of aromatic nitrogens is 3. The third-order valence-corrected chi connectivity index (χ3v) is 5.83. The number of pyridine rings is 1. The van der Waals surface area contributed by atoms with Crippen LogP contribution in [-0.2, 0) is 16.2 Å². The number of hydrogen-bond acceptors (Lipinski definition) is 8. The van der Waals surface area contributed by atoms with Gasteiger partial charge in [-0.15, -0.1) is 10.2 Å². The fourth-order valence-corrected chi connectivity index (χ4v) is 4.29.